The Balaban J connectivity index is 2.13. The van der Waals surface area contributed by atoms with Crippen molar-refractivity contribution in [3.8, 4) is 5.75 Å². The highest BCUT2D eigenvalue weighted by molar-refractivity contribution is 8.76. The van der Waals surface area contributed by atoms with Gasteiger partial charge in [0, 0.05) is 44.5 Å². The Morgan fingerprint density at radius 1 is 0.691 bits per heavy atom. The summed E-state index contributed by atoms with van der Waals surface area (Å²) in [6.07, 6.45) is -0.201. The molecule has 0 spiro atoms. The van der Waals surface area contributed by atoms with Crippen molar-refractivity contribution in [1.29, 1.82) is 0 Å². The van der Waals surface area contributed by atoms with Crippen LogP contribution >= 0.6 is 21.6 Å². The number of fused-ring (bicyclic) bond motifs is 1. The molecular formula is C48H75N17O14S2. The van der Waals surface area contributed by atoms with Gasteiger partial charge in [0.15, 0.2) is 11.9 Å². The summed E-state index contributed by atoms with van der Waals surface area (Å²) in [5.41, 5.74) is 33.6. The fourth-order valence-electron chi connectivity index (χ4n) is 8.08. The molecule has 8 atom stereocenters. The smallest absolute Gasteiger partial charge is 0.305 e. The second-order valence-electron chi connectivity index (χ2n) is 18.8. The number of carbonyl (C=O) groups is 12. The van der Waals surface area contributed by atoms with Gasteiger partial charge >= 0.3 is 5.97 Å². The summed E-state index contributed by atoms with van der Waals surface area (Å²) in [5, 5.41) is 29.5. The number of carboxylic acid groups (broad SMARTS) is 1. The van der Waals surface area contributed by atoms with Crippen LogP contribution in [0.1, 0.15) is 83.6 Å². The van der Waals surface area contributed by atoms with Crippen molar-refractivity contribution >= 4 is 104 Å². The minimum atomic E-state index is -1.88. The molecule has 2 aliphatic heterocycles. The van der Waals surface area contributed by atoms with E-state index >= 15 is 0 Å². The monoisotopic (exact) mass is 1180 g/mol. The van der Waals surface area contributed by atoms with E-state index < -0.39 is 139 Å². The molecule has 0 aromatic heterocycles. The van der Waals surface area contributed by atoms with Crippen LogP contribution in [0.25, 0.3) is 0 Å². The number of hydrogen-bond acceptors (Lipinski definition) is 17. The summed E-state index contributed by atoms with van der Waals surface area (Å²) >= 11 is 0. The minimum Gasteiger partial charge on any atom is -0.494 e. The second kappa shape index (κ2) is 34.8. The third-order valence-electron chi connectivity index (χ3n) is 12.1. The number of benzene rings is 1. The number of aliphatic carboxylic acids is 1. The van der Waals surface area contributed by atoms with Crippen LogP contribution in [0.4, 0.5) is 0 Å². The molecule has 3 rings (SSSR count). The van der Waals surface area contributed by atoms with E-state index in [1.165, 1.54) is 0 Å². The molecule has 2 saturated heterocycles. The van der Waals surface area contributed by atoms with Crippen molar-refractivity contribution in [3.05, 3.63) is 29.8 Å². The number of hydrogen-bond donors (Lipinski definition) is 15. The number of nitrogens with zero attached hydrogens (tertiary/aromatic N) is 3. The lowest BCUT2D eigenvalue weighted by atomic mass is 10.0. The predicted molar refractivity (Wildman–Crippen MR) is 297 cm³/mol. The first-order valence-corrected chi connectivity index (χ1v) is 28.4. The number of nitrogens with two attached hydrogens (primary N) is 6. The van der Waals surface area contributed by atoms with Crippen molar-refractivity contribution in [2.24, 2.45) is 44.4 Å². The number of unbranched alkanes of at least 4 members (excludes halogenated alkanes) is 1. The highest BCUT2D eigenvalue weighted by Crippen LogP contribution is 2.24. The molecule has 33 heteroatoms. The van der Waals surface area contributed by atoms with Crippen LogP contribution in [-0.2, 0) is 64.0 Å². The van der Waals surface area contributed by atoms with E-state index in [1.807, 2.05) is 6.92 Å². The third-order valence-corrected chi connectivity index (χ3v) is 14.6. The lowest BCUT2D eigenvalue weighted by Crippen LogP contribution is -2.59. The Bertz CT molecular complexity index is 2460. The molecule has 21 N–H and O–H groups in total. The molecule has 31 nitrogen and oxygen atoms in total. The molecule has 2 fully saturated rings. The van der Waals surface area contributed by atoms with Gasteiger partial charge in [0.25, 0.3) is 0 Å². The van der Waals surface area contributed by atoms with Gasteiger partial charge in [-0.3, -0.25) is 67.5 Å². The lowest BCUT2D eigenvalue weighted by Gasteiger charge is -2.30. The Morgan fingerprint density at radius 3 is 1.84 bits per heavy atom. The molecule has 1 aromatic rings. The van der Waals surface area contributed by atoms with E-state index in [4.69, 9.17) is 39.1 Å². The number of nitrogens with one attached hydrogen (secondary N) is 8. The molecule has 1 aromatic carbocycles. The van der Waals surface area contributed by atoms with Gasteiger partial charge in [0.2, 0.25) is 65.0 Å². The van der Waals surface area contributed by atoms with Gasteiger partial charge in [-0.1, -0.05) is 47.1 Å². The van der Waals surface area contributed by atoms with Gasteiger partial charge in [-0.2, -0.15) is 0 Å². The number of aliphatic imine (C=N–C) groups is 2. The number of carbonyl (C=O) groups excluding carboxylic acids is 11. The van der Waals surface area contributed by atoms with Gasteiger partial charge in [-0.05, 0) is 62.6 Å². The zero-order valence-electron chi connectivity index (χ0n) is 45.0. The molecule has 0 bridgehead atoms. The van der Waals surface area contributed by atoms with Crippen molar-refractivity contribution in [1.82, 2.24) is 47.4 Å². The summed E-state index contributed by atoms with van der Waals surface area (Å²) in [4.78, 5) is 171. The van der Waals surface area contributed by atoms with E-state index in [0.717, 1.165) is 46.3 Å². The van der Waals surface area contributed by atoms with Crippen LogP contribution in [0.5, 0.6) is 5.75 Å². The van der Waals surface area contributed by atoms with Crippen LogP contribution in [0.2, 0.25) is 0 Å². The molecule has 0 unspecified atom stereocenters. The highest BCUT2D eigenvalue weighted by atomic mass is 33.1. The molecule has 0 aliphatic carbocycles. The molecular weight excluding hydrogens is 1100 g/mol. The standard InChI is InChI=1S/C48H75N17O14S2/c1-3-4-18-79-27-13-11-26(12-14-27)19-30-42(74)60-29(9-6-16-56-48(53)54)41(73)64-33(39(50)71)23-80-81-24-34(58-25(2)66)44(76)63-32(20-36(49)67)46(78)65-17-7-10-35(65)45(77)61-28(8-5-15-55-47(51)52)40(72)57-22-37(68)59-31(21-38(69)70)43(75)62-30/h11-14,28-35H,3-10,15-24H2,1-2H3,(H2,49,67)(H2,50,71)(H,57,72)(H,58,66)(H,59,68)(H,60,74)(H,61,77)(H,62,75)(H,63,76)(H,64,73)(H,69,70)(H4,51,52,55)(H4,53,54,56)/t28-,29-,30+,31-,32-,33-,34-,35+/m0/s1. The highest BCUT2D eigenvalue weighted by Gasteiger charge is 2.40. The fourth-order valence-corrected chi connectivity index (χ4v) is 10.4. The molecule has 2 heterocycles. The zero-order valence-corrected chi connectivity index (χ0v) is 46.7. The summed E-state index contributed by atoms with van der Waals surface area (Å²) in [6, 6.07) is -5.63. The Kier molecular flexibility index (Phi) is 28.9. The number of guanidine groups is 2. The quantitative estimate of drug-likeness (QED) is 0.0250. The van der Waals surface area contributed by atoms with Gasteiger partial charge in [-0.25, -0.2) is 0 Å². The summed E-state index contributed by atoms with van der Waals surface area (Å²) < 4.78 is 5.76. The van der Waals surface area contributed by atoms with Crippen molar-refractivity contribution in [3.63, 3.8) is 0 Å². The Labute approximate surface area is 474 Å². The molecule has 448 valence electrons. The molecule has 11 amide bonds. The van der Waals surface area contributed by atoms with E-state index in [9.17, 15) is 62.6 Å². The maximum Gasteiger partial charge on any atom is 0.305 e. The minimum absolute atomic E-state index is 0.00732. The van der Waals surface area contributed by atoms with E-state index in [0.29, 0.717) is 17.9 Å². The van der Waals surface area contributed by atoms with E-state index in [2.05, 4.69) is 52.5 Å². The Hall–Kier alpha value is -8.10. The van der Waals surface area contributed by atoms with Crippen molar-refractivity contribution in [2.45, 2.75) is 133 Å². The van der Waals surface area contributed by atoms with Crippen LogP contribution in [0.15, 0.2) is 34.3 Å². The van der Waals surface area contributed by atoms with Crippen molar-refractivity contribution < 1.29 is 67.4 Å². The third kappa shape index (κ3) is 24.8. The number of amides is 11. The Morgan fingerprint density at radius 2 is 1.26 bits per heavy atom. The number of carboxylic acids is 1. The summed E-state index contributed by atoms with van der Waals surface area (Å²) in [6.45, 7) is 2.58. The van der Waals surface area contributed by atoms with Gasteiger partial charge in [-0.15, -0.1) is 0 Å². The van der Waals surface area contributed by atoms with Crippen LogP contribution in [0, 0.1) is 0 Å². The SMILES string of the molecule is CCCCOc1ccc(C[C@H]2NC(=O)[C@H](CC(=O)O)NC(=O)CNC(=O)[C@H](CCCN=C(N)N)NC(=O)[C@H]3CCCN3C(=O)[C@H](CC(N)=O)NC(=O)[C@@H](NC(C)=O)CSSC[C@@H](C(N)=O)NC(=O)[C@H](CCCN=C(N)N)NC2=O)cc1. The first-order valence-electron chi connectivity index (χ1n) is 25.9. The molecule has 81 heavy (non-hydrogen) atoms. The van der Waals surface area contributed by atoms with Crippen LogP contribution < -0.4 is 81.7 Å². The molecule has 0 radical (unpaired) electrons. The largest absolute Gasteiger partial charge is 0.494 e. The second-order valence-corrected chi connectivity index (χ2v) is 21.3. The van der Waals surface area contributed by atoms with Gasteiger partial charge in [0.1, 0.15) is 54.1 Å². The average molecular weight is 1180 g/mol. The maximum atomic E-state index is 14.4. The van der Waals surface area contributed by atoms with Gasteiger partial charge < -0.3 is 91.7 Å². The number of primary amides is 2. The summed E-state index contributed by atoms with van der Waals surface area (Å²) in [5.74, 6) is -12.6. The topological polar surface area (TPSA) is 515 Å². The van der Waals surface area contributed by atoms with Crippen LogP contribution in [-0.4, -0.2) is 186 Å². The first kappa shape index (κ1) is 67.2. The number of rotatable bonds is 20. The van der Waals surface area contributed by atoms with Crippen LogP contribution in [0.3, 0.4) is 0 Å². The van der Waals surface area contributed by atoms with Crippen molar-refractivity contribution in [2.75, 3.05) is 44.3 Å². The number of ether oxygens (including phenoxy) is 1. The molecule has 2 aliphatic rings. The van der Waals surface area contributed by atoms with Gasteiger partial charge in [0.05, 0.1) is 26.0 Å². The fraction of sp³-hybridized carbons (Fsp3) is 0.583. The average Bonchev–Trinajstić information content (AvgIpc) is 3.97. The summed E-state index contributed by atoms with van der Waals surface area (Å²) in [7, 11) is 1.87. The van der Waals surface area contributed by atoms with E-state index in [1.54, 1.807) is 24.3 Å². The predicted octanol–water partition coefficient (Wildman–Crippen LogP) is -5.73. The maximum absolute atomic E-state index is 14.4. The van der Waals surface area contributed by atoms with E-state index in [-0.39, 0.29) is 88.0 Å². The lowest BCUT2D eigenvalue weighted by molar-refractivity contribution is -0.143. The normalized spacial score (nSPS) is 23.3. The zero-order chi connectivity index (χ0) is 60.2. The first-order chi connectivity index (χ1) is 38.4. The molecule has 0 saturated carbocycles.